The average molecular weight is 908 g/mol. The van der Waals surface area contributed by atoms with Crippen LogP contribution in [-0.4, -0.2) is 46.5 Å². The van der Waals surface area contributed by atoms with E-state index in [1.807, 2.05) is 103 Å². The highest BCUT2D eigenvalue weighted by Gasteiger charge is 2.36. The number of unbranched alkanes of at least 4 members (excludes halogenated alkanes) is 2. The highest BCUT2D eigenvalue weighted by atomic mass is 16.2. The van der Waals surface area contributed by atoms with Crippen molar-refractivity contribution in [1.82, 2.24) is 9.80 Å². The number of rotatable bonds is 15. The monoisotopic (exact) mass is 907 g/mol. The molecule has 7 nitrogen and oxygen atoms in total. The zero-order chi connectivity index (χ0) is 48.0. The zero-order valence-electron chi connectivity index (χ0n) is 40.0. The van der Waals surface area contributed by atoms with Gasteiger partial charge in [-0.3, -0.25) is 29.0 Å². The summed E-state index contributed by atoms with van der Waals surface area (Å²) in [7, 11) is 0. The zero-order valence-corrected chi connectivity index (χ0v) is 40.0. The maximum absolute atomic E-state index is 13.8. The van der Waals surface area contributed by atoms with Crippen molar-refractivity contribution in [3.05, 3.63) is 184 Å². The maximum Gasteiger partial charge on any atom is 0.261 e. The number of benzene rings is 7. The highest BCUT2D eigenvalue weighted by molar-refractivity contribution is 6.27. The van der Waals surface area contributed by atoms with Crippen molar-refractivity contribution in [2.75, 3.05) is 18.0 Å². The predicted molar refractivity (Wildman–Crippen MR) is 278 cm³/mol. The molecule has 2 unspecified atom stereocenters. The van der Waals surface area contributed by atoms with Gasteiger partial charge in [0.05, 0.1) is 0 Å². The fraction of sp³-hybridized carbons (Fsp3) is 0.258. The van der Waals surface area contributed by atoms with E-state index >= 15 is 0 Å². The SMILES string of the molecule is CCCCC(CC)CN1C(=O)c2cccc3c(C#Cc4ccc(N(c5ccccc5)c5ccc(C#Cc6ccc7c8c(cccc68)C(=O)N(CC(CC)CCCC)C7=O)cc5)cc4)ccc(c23)C1=O. The number of carbonyl (C=O) groups excluding carboxylic acids is 4. The van der Waals surface area contributed by atoms with Crippen LogP contribution in [-0.2, 0) is 0 Å². The molecule has 7 aromatic carbocycles. The van der Waals surface area contributed by atoms with Crippen LogP contribution in [0.5, 0.6) is 0 Å². The summed E-state index contributed by atoms with van der Waals surface area (Å²) >= 11 is 0. The summed E-state index contributed by atoms with van der Waals surface area (Å²) in [5.74, 6) is 13.0. The first-order valence-corrected chi connectivity index (χ1v) is 24.7. The molecule has 0 bridgehead atoms. The van der Waals surface area contributed by atoms with Crippen molar-refractivity contribution in [3.8, 4) is 23.7 Å². The summed E-state index contributed by atoms with van der Waals surface area (Å²) in [6.07, 6.45) is 8.16. The molecule has 7 aromatic rings. The largest absolute Gasteiger partial charge is 0.311 e. The second-order valence-electron chi connectivity index (χ2n) is 18.3. The third-order valence-corrected chi connectivity index (χ3v) is 13.9. The summed E-state index contributed by atoms with van der Waals surface area (Å²) in [6.45, 7) is 9.45. The molecule has 0 aromatic heterocycles. The molecular weight excluding hydrogens is 851 g/mol. The molecule has 9 rings (SSSR count). The number of anilines is 3. The molecule has 2 aliphatic rings. The maximum atomic E-state index is 13.8. The van der Waals surface area contributed by atoms with Crippen LogP contribution >= 0.6 is 0 Å². The fourth-order valence-electron chi connectivity index (χ4n) is 9.88. The van der Waals surface area contributed by atoms with Gasteiger partial charge in [0, 0.05) is 85.4 Å². The molecule has 4 amide bonds. The molecule has 69 heavy (non-hydrogen) atoms. The van der Waals surface area contributed by atoms with Gasteiger partial charge >= 0.3 is 0 Å². The first kappa shape index (κ1) is 46.4. The van der Waals surface area contributed by atoms with E-state index in [2.05, 4.69) is 92.7 Å². The second-order valence-corrected chi connectivity index (χ2v) is 18.3. The lowest BCUT2D eigenvalue weighted by molar-refractivity contribution is 0.0565. The van der Waals surface area contributed by atoms with E-state index in [4.69, 9.17) is 0 Å². The number of carbonyl (C=O) groups is 4. The Hall–Kier alpha value is -7.74. The van der Waals surface area contributed by atoms with E-state index in [0.29, 0.717) is 46.1 Å². The van der Waals surface area contributed by atoms with E-state index in [9.17, 15) is 19.2 Å². The molecule has 2 heterocycles. The molecule has 0 spiro atoms. The minimum absolute atomic E-state index is 0.230. The number of hydrogen-bond donors (Lipinski definition) is 0. The van der Waals surface area contributed by atoms with Gasteiger partial charge < -0.3 is 4.90 Å². The van der Waals surface area contributed by atoms with Crippen LogP contribution in [0.4, 0.5) is 17.1 Å². The Kier molecular flexibility index (Phi) is 13.9. The Labute approximate surface area is 406 Å². The van der Waals surface area contributed by atoms with Crippen LogP contribution in [0.3, 0.4) is 0 Å². The normalized spacial score (nSPS) is 13.8. The Morgan fingerprint density at radius 1 is 0.420 bits per heavy atom. The predicted octanol–water partition coefficient (Wildman–Crippen LogP) is 13.9. The van der Waals surface area contributed by atoms with E-state index < -0.39 is 0 Å². The smallest absolute Gasteiger partial charge is 0.261 e. The van der Waals surface area contributed by atoms with Crippen LogP contribution in [0.1, 0.15) is 143 Å². The van der Waals surface area contributed by atoms with Crippen molar-refractivity contribution >= 4 is 62.2 Å². The van der Waals surface area contributed by atoms with Crippen molar-refractivity contribution in [1.29, 1.82) is 0 Å². The average Bonchev–Trinajstić information content (AvgIpc) is 3.39. The molecule has 344 valence electrons. The van der Waals surface area contributed by atoms with Crippen LogP contribution < -0.4 is 4.90 Å². The highest BCUT2D eigenvalue weighted by Crippen LogP contribution is 2.37. The van der Waals surface area contributed by atoms with E-state index in [-0.39, 0.29) is 35.5 Å². The molecule has 0 saturated carbocycles. The van der Waals surface area contributed by atoms with Gasteiger partial charge in [-0.1, -0.05) is 132 Å². The van der Waals surface area contributed by atoms with Gasteiger partial charge in [-0.25, -0.2) is 0 Å². The number of amides is 4. The Balaban J connectivity index is 0.948. The molecule has 2 atom stereocenters. The standard InChI is InChI=1S/C62H57N3O4/c1-5-9-16-42(7-3)40-63-59(66)53-22-14-20-51-46(32-38-55(57(51)53)61(63)68)30-24-44-26-34-49(35-27-44)65(48-18-12-11-13-19-48)50-36-28-45(29-37-50)25-31-47-33-39-56-58-52(47)21-15-23-54(58)60(67)64(62(56)69)41-43(8-4)17-10-6-2/h11-15,18-23,26-29,32-39,42-43H,5-10,16-17,40-41H2,1-4H3. The fourth-order valence-corrected chi connectivity index (χ4v) is 9.88. The number of imide groups is 2. The minimum atomic E-state index is -0.230. The molecule has 2 aliphatic heterocycles. The lowest BCUT2D eigenvalue weighted by Gasteiger charge is -2.30. The summed E-state index contributed by atoms with van der Waals surface area (Å²) < 4.78 is 0. The molecule has 0 N–H and O–H groups in total. The van der Waals surface area contributed by atoms with Gasteiger partial charge in [-0.2, -0.15) is 0 Å². The summed E-state index contributed by atoms with van der Waals surface area (Å²) in [4.78, 5) is 60.3. The Morgan fingerprint density at radius 2 is 0.812 bits per heavy atom. The lowest BCUT2D eigenvalue weighted by Crippen LogP contribution is -2.43. The number of para-hydroxylation sites is 1. The minimum Gasteiger partial charge on any atom is -0.311 e. The second kappa shape index (κ2) is 20.6. The number of hydrogen-bond acceptors (Lipinski definition) is 5. The summed E-state index contributed by atoms with van der Waals surface area (Å²) in [5, 5.41) is 2.96. The van der Waals surface area contributed by atoms with Crippen LogP contribution in [0, 0.1) is 35.5 Å². The Morgan fingerprint density at radius 3 is 1.20 bits per heavy atom. The lowest BCUT2D eigenvalue weighted by atomic mass is 9.90. The third kappa shape index (κ3) is 9.31. The van der Waals surface area contributed by atoms with Gasteiger partial charge in [0.15, 0.2) is 0 Å². The number of nitrogens with zero attached hydrogens (tertiary/aromatic N) is 3. The van der Waals surface area contributed by atoms with E-state index in [1.165, 1.54) is 9.80 Å². The first-order chi connectivity index (χ1) is 33.7. The molecular formula is C62H57N3O4. The third-order valence-electron chi connectivity index (χ3n) is 13.9. The molecule has 0 radical (unpaired) electrons. The van der Waals surface area contributed by atoms with Gasteiger partial charge in [0.1, 0.15) is 0 Å². The topological polar surface area (TPSA) is 78.0 Å². The summed E-state index contributed by atoms with van der Waals surface area (Å²) in [5.41, 5.74) is 8.27. The van der Waals surface area contributed by atoms with Crippen LogP contribution in [0.2, 0.25) is 0 Å². The molecule has 0 saturated heterocycles. The van der Waals surface area contributed by atoms with Gasteiger partial charge in [-0.15, -0.1) is 0 Å². The van der Waals surface area contributed by atoms with Crippen LogP contribution in [0.15, 0.2) is 140 Å². The quantitative estimate of drug-likeness (QED) is 0.0756. The van der Waals surface area contributed by atoms with Crippen molar-refractivity contribution in [3.63, 3.8) is 0 Å². The first-order valence-electron chi connectivity index (χ1n) is 24.7. The van der Waals surface area contributed by atoms with Gasteiger partial charge in [-0.05, 0) is 133 Å². The molecule has 0 aliphatic carbocycles. The Bertz CT molecular complexity index is 2980. The van der Waals surface area contributed by atoms with Crippen molar-refractivity contribution in [2.45, 2.75) is 79.1 Å². The van der Waals surface area contributed by atoms with E-state index in [0.717, 1.165) is 101 Å². The van der Waals surface area contributed by atoms with Crippen molar-refractivity contribution < 1.29 is 19.2 Å². The van der Waals surface area contributed by atoms with E-state index in [1.54, 1.807) is 0 Å². The molecule has 7 heteroatoms. The van der Waals surface area contributed by atoms with Crippen LogP contribution in [0.25, 0.3) is 21.5 Å². The van der Waals surface area contributed by atoms with Crippen molar-refractivity contribution in [2.24, 2.45) is 11.8 Å². The summed E-state index contributed by atoms with van der Waals surface area (Å²) in [6, 6.07) is 45.2. The van der Waals surface area contributed by atoms with Gasteiger partial charge in [0.25, 0.3) is 23.6 Å². The molecule has 0 fully saturated rings. The van der Waals surface area contributed by atoms with Gasteiger partial charge in [0.2, 0.25) is 0 Å².